The standard InChI is InChI=1S/C25H22ClN5S/c1-16-8-10-19(14-17(16)2)31-24(23(29-25(31)32)20-6-3-4-12-27-20)21-7-5-13-30(21)22-11-9-18(26)15-28-22/h3-15,23-24H,1-2H3,(H,29,32)/t23-,24-/m1/s1. The molecular weight excluding hydrogens is 438 g/mol. The molecule has 1 fully saturated rings. The summed E-state index contributed by atoms with van der Waals surface area (Å²) in [6.45, 7) is 4.24. The van der Waals surface area contributed by atoms with Gasteiger partial charge in [-0.25, -0.2) is 4.98 Å². The van der Waals surface area contributed by atoms with Gasteiger partial charge >= 0.3 is 0 Å². The molecular formula is C25H22ClN5S. The van der Waals surface area contributed by atoms with Crippen LogP contribution >= 0.6 is 23.8 Å². The number of halogens is 1. The molecule has 0 bridgehead atoms. The van der Waals surface area contributed by atoms with Gasteiger partial charge in [0.25, 0.3) is 0 Å². The van der Waals surface area contributed by atoms with Crippen molar-refractivity contribution < 1.29 is 0 Å². The molecule has 4 heterocycles. The van der Waals surface area contributed by atoms with Crippen molar-refractivity contribution in [1.82, 2.24) is 19.9 Å². The Balaban J connectivity index is 1.67. The van der Waals surface area contributed by atoms with Gasteiger partial charge in [0.05, 0.1) is 16.8 Å². The fourth-order valence-electron chi connectivity index (χ4n) is 4.16. The lowest BCUT2D eigenvalue weighted by Crippen LogP contribution is -2.30. The second-order valence-corrected chi connectivity index (χ2v) is 8.73. The van der Waals surface area contributed by atoms with Gasteiger partial charge in [0.1, 0.15) is 11.9 Å². The number of anilines is 1. The van der Waals surface area contributed by atoms with Gasteiger partial charge < -0.3 is 14.8 Å². The minimum atomic E-state index is -0.119. The number of pyridine rings is 2. The van der Waals surface area contributed by atoms with Crippen molar-refractivity contribution in [2.24, 2.45) is 0 Å². The van der Waals surface area contributed by atoms with Crippen LogP contribution in [0.2, 0.25) is 5.02 Å². The lowest BCUT2D eigenvalue weighted by Gasteiger charge is -2.29. The molecule has 1 aromatic carbocycles. The van der Waals surface area contributed by atoms with E-state index in [1.165, 1.54) is 11.1 Å². The van der Waals surface area contributed by atoms with E-state index in [9.17, 15) is 0 Å². The van der Waals surface area contributed by atoms with Gasteiger partial charge in [0, 0.05) is 30.0 Å². The minimum Gasteiger partial charge on any atom is -0.351 e. The second kappa shape index (κ2) is 8.37. The Morgan fingerprint density at radius 3 is 2.56 bits per heavy atom. The van der Waals surface area contributed by atoms with Gasteiger partial charge in [-0.15, -0.1) is 0 Å². The number of thiocarbonyl (C=S) groups is 1. The van der Waals surface area contributed by atoms with Crippen LogP contribution in [0.1, 0.15) is 34.6 Å². The van der Waals surface area contributed by atoms with Crippen molar-refractivity contribution in [2.75, 3.05) is 4.90 Å². The van der Waals surface area contributed by atoms with E-state index in [0.29, 0.717) is 10.1 Å². The van der Waals surface area contributed by atoms with Crippen molar-refractivity contribution in [3.63, 3.8) is 0 Å². The molecule has 160 valence electrons. The topological polar surface area (TPSA) is 46.0 Å². The monoisotopic (exact) mass is 459 g/mol. The highest BCUT2D eigenvalue weighted by Gasteiger charge is 2.42. The number of hydrogen-bond donors (Lipinski definition) is 1. The molecule has 0 saturated carbocycles. The molecule has 0 spiro atoms. The van der Waals surface area contributed by atoms with Crippen LogP contribution in [-0.2, 0) is 0 Å². The van der Waals surface area contributed by atoms with Crippen molar-refractivity contribution in [1.29, 1.82) is 0 Å². The summed E-state index contributed by atoms with van der Waals surface area (Å²) in [5.41, 5.74) is 5.51. The Kier molecular flexibility index (Phi) is 5.41. The molecule has 0 unspecified atom stereocenters. The third-order valence-electron chi connectivity index (χ3n) is 5.91. The van der Waals surface area contributed by atoms with Crippen LogP contribution < -0.4 is 10.2 Å². The summed E-state index contributed by atoms with van der Waals surface area (Å²) >= 11 is 11.9. The second-order valence-electron chi connectivity index (χ2n) is 7.90. The molecule has 0 aliphatic carbocycles. The van der Waals surface area contributed by atoms with Gasteiger partial charge in [-0.2, -0.15) is 0 Å². The first-order valence-corrected chi connectivity index (χ1v) is 11.2. The van der Waals surface area contributed by atoms with E-state index >= 15 is 0 Å². The summed E-state index contributed by atoms with van der Waals surface area (Å²) in [5, 5.41) is 4.80. The average Bonchev–Trinajstić information content (AvgIpc) is 3.41. The van der Waals surface area contributed by atoms with Gasteiger partial charge in [0.15, 0.2) is 5.11 Å². The number of hydrogen-bond acceptors (Lipinski definition) is 3. The number of aromatic nitrogens is 3. The predicted octanol–water partition coefficient (Wildman–Crippen LogP) is 5.71. The van der Waals surface area contributed by atoms with E-state index in [2.05, 4.69) is 62.9 Å². The highest BCUT2D eigenvalue weighted by Crippen LogP contribution is 2.42. The van der Waals surface area contributed by atoms with Crippen molar-refractivity contribution in [2.45, 2.75) is 25.9 Å². The Morgan fingerprint density at radius 1 is 0.969 bits per heavy atom. The molecule has 5 rings (SSSR count). The Morgan fingerprint density at radius 2 is 1.84 bits per heavy atom. The van der Waals surface area contributed by atoms with Crippen molar-refractivity contribution in [3.05, 3.63) is 107 Å². The molecule has 32 heavy (non-hydrogen) atoms. The molecule has 4 aromatic rings. The number of aryl methyl sites for hydroxylation is 2. The molecule has 0 amide bonds. The summed E-state index contributed by atoms with van der Waals surface area (Å²) in [5.74, 6) is 0.798. The number of rotatable bonds is 4. The van der Waals surface area contributed by atoms with Crippen LogP contribution in [0.4, 0.5) is 5.69 Å². The summed E-state index contributed by atoms with van der Waals surface area (Å²) in [7, 11) is 0. The van der Waals surface area contributed by atoms with Gasteiger partial charge in [-0.05, 0) is 85.7 Å². The van der Waals surface area contributed by atoms with Crippen LogP contribution in [0.5, 0.6) is 0 Å². The fourth-order valence-corrected chi connectivity index (χ4v) is 4.62. The molecule has 1 aliphatic rings. The Bertz CT molecular complexity index is 1270. The normalized spacial score (nSPS) is 18.1. The van der Waals surface area contributed by atoms with Crippen LogP contribution in [0, 0.1) is 13.8 Å². The minimum absolute atomic E-state index is 0.119. The van der Waals surface area contributed by atoms with Gasteiger partial charge in [-0.3, -0.25) is 4.98 Å². The largest absolute Gasteiger partial charge is 0.351 e. The smallest absolute Gasteiger partial charge is 0.174 e. The fraction of sp³-hybridized carbons (Fsp3) is 0.160. The maximum absolute atomic E-state index is 6.08. The van der Waals surface area contributed by atoms with Crippen molar-refractivity contribution >= 4 is 34.6 Å². The van der Waals surface area contributed by atoms with E-state index in [1.54, 1.807) is 6.20 Å². The van der Waals surface area contributed by atoms with Gasteiger partial charge in [0.2, 0.25) is 0 Å². The quantitative estimate of drug-likeness (QED) is 0.396. The Hall–Kier alpha value is -3.22. The third kappa shape index (κ3) is 3.66. The molecule has 1 N–H and O–H groups in total. The van der Waals surface area contributed by atoms with Crippen LogP contribution in [0.25, 0.3) is 5.82 Å². The van der Waals surface area contributed by atoms with Gasteiger partial charge in [-0.1, -0.05) is 23.7 Å². The first-order chi connectivity index (χ1) is 15.5. The lowest BCUT2D eigenvalue weighted by molar-refractivity contribution is 0.548. The zero-order valence-corrected chi connectivity index (χ0v) is 19.3. The van der Waals surface area contributed by atoms with Crippen molar-refractivity contribution in [3.8, 4) is 5.82 Å². The zero-order chi connectivity index (χ0) is 22.2. The summed E-state index contributed by atoms with van der Waals surface area (Å²) in [4.78, 5) is 11.4. The highest BCUT2D eigenvalue weighted by molar-refractivity contribution is 7.80. The summed E-state index contributed by atoms with van der Waals surface area (Å²) in [6, 6.07) is 20.1. The summed E-state index contributed by atoms with van der Waals surface area (Å²) < 4.78 is 2.08. The maximum atomic E-state index is 6.08. The molecule has 1 aliphatic heterocycles. The molecule has 7 heteroatoms. The highest BCUT2D eigenvalue weighted by atomic mass is 35.5. The van der Waals surface area contributed by atoms with E-state index < -0.39 is 0 Å². The third-order valence-corrected chi connectivity index (χ3v) is 6.45. The SMILES string of the molecule is Cc1ccc(N2C(=S)N[C@H](c3ccccn3)[C@H]2c2cccn2-c2ccc(Cl)cn2)cc1C. The van der Waals surface area contributed by atoms with E-state index in [0.717, 1.165) is 22.9 Å². The lowest BCUT2D eigenvalue weighted by atomic mass is 10.00. The maximum Gasteiger partial charge on any atom is 0.174 e. The predicted molar refractivity (Wildman–Crippen MR) is 132 cm³/mol. The van der Waals surface area contributed by atoms with E-state index in [4.69, 9.17) is 23.8 Å². The molecule has 1 saturated heterocycles. The summed E-state index contributed by atoms with van der Waals surface area (Å²) in [6.07, 6.45) is 5.49. The first-order valence-electron chi connectivity index (χ1n) is 10.4. The number of benzene rings is 1. The number of nitrogens with one attached hydrogen (secondary N) is 1. The zero-order valence-electron chi connectivity index (χ0n) is 17.7. The molecule has 3 aromatic heterocycles. The van der Waals surface area contributed by atoms with E-state index in [-0.39, 0.29) is 12.1 Å². The van der Waals surface area contributed by atoms with Crippen LogP contribution in [0.3, 0.4) is 0 Å². The molecule has 5 nitrogen and oxygen atoms in total. The van der Waals surface area contributed by atoms with Crippen LogP contribution in [-0.4, -0.2) is 19.6 Å². The molecule has 0 radical (unpaired) electrons. The number of nitrogens with zero attached hydrogens (tertiary/aromatic N) is 4. The molecule has 2 atom stereocenters. The average molecular weight is 460 g/mol. The van der Waals surface area contributed by atoms with E-state index in [1.807, 2.05) is 48.8 Å². The Labute approximate surface area is 197 Å². The van der Waals surface area contributed by atoms with Crippen LogP contribution in [0.15, 0.2) is 79.3 Å². The first kappa shape index (κ1) is 20.7.